The predicted octanol–water partition coefficient (Wildman–Crippen LogP) is 4.50. The Hall–Kier alpha value is -3.83. The Morgan fingerprint density at radius 1 is 1.06 bits per heavy atom. The second-order valence-corrected chi connectivity index (χ2v) is 9.81. The van der Waals surface area contributed by atoms with Crippen LogP contribution in [0.4, 0.5) is 11.4 Å². The van der Waals surface area contributed by atoms with E-state index < -0.39 is 34.4 Å². The smallest absolute Gasteiger partial charge is 0.269 e. The van der Waals surface area contributed by atoms with Crippen LogP contribution in [0.25, 0.3) is 0 Å². The summed E-state index contributed by atoms with van der Waals surface area (Å²) in [5, 5.41) is 29.6. The van der Waals surface area contributed by atoms with Crippen molar-refractivity contribution in [3.63, 3.8) is 0 Å². The average Bonchev–Trinajstić information content (AvgIpc) is 3.32. The molecule has 1 spiro atoms. The second kappa shape index (κ2) is 8.99. The Kier molecular flexibility index (Phi) is 5.97. The molecule has 4 atom stereocenters. The second-order valence-electron chi connectivity index (χ2n) is 8.89. The highest BCUT2D eigenvalue weighted by molar-refractivity contribution is 9.10. The molecule has 2 aliphatic rings. The number of benzene rings is 3. The molecule has 0 aliphatic carbocycles. The van der Waals surface area contributed by atoms with Gasteiger partial charge in [0.1, 0.15) is 12.4 Å². The lowest BCUT2D eigenvalue weighted by Gasteiger charge is -2.26. The summed E-state index contributed by atoms with van der Waals surface area (Å²) in [5.41, 5.74) is 0.846. The summed E-state index contributed by atoms with van der Waals surface area (Å²) in [4.78, 5) is 35.9. The van der Waals surface area contributed by atoms with Crippen LogP contribution in [0.1, 0.15) is 29.5 Å². The zero-order chi connectivity index (χ0) is 25.6. The first kappa shape index (κ1) is 23.9. The van der Waals surface area contributed by atoms with Crippen molar-refractivity contribution < 1.29 is 19.4 Å². The van der Waals surface area contributed by atoms with Crippen molar-refractivity contribution >= 4 is 33.2 Å². The maximum absolute atomic E-state index is 13.3. The van der Waals surface area contributed by atoms with Gasteiger partial charge in [0.15, 0.2) is 5.54 Å². The van der Waals surface area contributed by atoms with Gasteiger partial charge in [-0.25, -0.2) is 0 Å². The average molecular weight is 553 g/mol. The monoisotopic (exact) mass is 552 g/mol. The van der Waals surface area contributed by atoms with E-state index in [0.717, 1.165) is 0 Å². The van der Waals surface area contributed by atoms with E-state index in [4.69, 9.17) is 4.74 Å². The SMILES string of the molecule is C[C@@H]1N[C@]2(C(=O)Nc3ccccc32)[C@@H]([N+](=O)[O-])[C@@H]1c1cc(Br)ccc1OCc1ccc([N+](=O)[O-])cc1. The van der Waals surface area contributed by atoms with Crippen molar-refractivity contribution in [1.82, 2.24) is 5.32 Å². The number of para-hydroxylation sites is 1. The molecule has 0 saturated carbocycles. The summed E-state index contributed by atoms with van der Waals surface area (Å²) in [6.45, 7) is 1.93. The van der Waals surface area contributed by atoms with E-state index in [9.17, 15) is 25.0 Å². The Morgan fingerprint density at radius 2 is 1.78 bits per heavy atom. The number of carbonyl (C=O) groups is 1. The lowest BCUT2D eigenvalue weighted by atomic mass is 9.78. The third-order valence-electron chi connectivity index (χ3n) is 6.84. The first-order valence-electron chi connectivity index (χ1n) is 11.2. The van der Waals surface area contributed by atoms with Gasteiger partial charge in [-0.2, -0.15) is 0 Å². The van der Waals surface area contributed by atoms with Crippen LogP contribution in [-0.4, -0.2) is 27.8 Å². The lowest BCUT2D eigenvalue weighted by molar-refractivity contribution is -0.532. The molecule has 1 fully saturated rings. The minimum Gasteiger partial charge on any atom is -0.489 e. The highest BCUT2D eigenvalue weighted by Gasteiger charge is 2.68. The molecule has 3 aromatic rings. The number of halogens is 1. The number of nitro benzene ring substituents is 1. The number of nitro groups is 2. The van der Waals surface area contributed by atoms with Gasteiger partial charge < -0.3 is 10.1 Å². The first-order chi connectivity index (χ1) is 17.2. The molecule has 0 bridgehead atoms. The van der Waals surface area contributed by atoms with Gasteiger partial charge in [-0.15, -0.1) is 0 Å². The van der Waals surface area contributed by atoms with Gasteiger partial charge >= 0.3 is 0 Å². The fourth-order valence-electron chi connectivity index (χ4n) is 5.31. The van der Waals surface area contributed by atoms with Crippen molar-refractivity contribution in [1.29, 1.82) is 0 Å². The number of nitrogens with zero attached hydrogens (tertiary/aromatic N) is 2. The van der Waals surface area contributed by atoms with E-state index in [-0.39, 0.29) is 17.2 Å². The van der Waals surface area contributed by atoms with Crippen molar-refractivity contribution in [2.45, 2.75) is 37.1 Å². The summed E-state index contributed by atoms with van der Waals surface area (Å²) < 4.78 is 6.79. The molecule has 1 saturated heterocycles. The number of ether oxygens (including phenoxy) is 1. The van der Waals surface area contributed by atoms with Crippen LogP contribution in [0.15, 0.2) is 71.2 Å². The molecule has 184 valence electrons. The minimum absolute atomic E-state index is 0.0248. The number of non-ortho nitro benzene ring substituents is 1. The van der Waals surface area contributed by atoms with Crippen LogP contribution in [0.3, 0.4) is 0 Å². The molecule has 0 aromatic heterocycles. The van der Waals surface area contributed by atoms with Crippen molar-refractivity contribution in [3.8, 4) is 5.75 Å². The fourth-order valence-corrected chi connectivity index (χ4v) is 5.69. The van der Waals surface area contributed by atoms with E-state index >= 15 is 0 Å². The fraction of sp³-hybridized carbons (Fsp3) is 0.240. The molecule has 10 nitrogen and oxygen atoms in total. The normalized spacial score (nSPS) is 24.4. The van der Waals surface area contributed by atoms with Gasteiger partial charge in [0.25, 0.3) is 17.6 Å². The molecular formula is C25H21BrN4O6. The van der Waals surface area contributed by atoms with Crippen LogP contribution >= 0.6 is 15.9 Å². The van der Waals surface area contributed by atoms with E-state index in [0.29, 0.717) is 32.6 Å². The van der Waals surface area contributed by atoms with E-state index in [1.54, 1.807) is 54.6 Å². The molecule has 0 radical (unpaired) electrons. The Morgan fingerprint density at radius 3 is 2.47 bits per heavy atom. The van der Waals surface area contributed by atoms with Gasteiger partial charge in [-0.1, -0.05) is 34.1 Å². The standard InChI is InChI=1S/C25H21BrN4O6/c1-14-22(23(30(34)35)25(28-14)19-4-2-3-5-20(19)27-24(25)31)18-12-16(26)8-11-21(18)36-13-15-6-9-17(10-7-15)29(32)33/h2-12,14,22-23,28H,13H2,1H3,(H,27,31)/t14-,22-,23-,25-/m0/s1. The number of nitrogens with one attached hydrogen (secondary N) is 2. The molecule has 36 heavy (non-hydrogen) atoms. The zero-order valence-electron chi connectivity index (χ0n) is 19.0. The minimum atomic E-state index is -1.53. The van der Waals surface area contributed by atoms with Crippen LogP contribution in [-0.2, 0) is 16.9 Å². The summed E-state index contributed by atoms with van der Waals surface area (Å²) >= 11 is 3.46. The number of amides is 1. The first-order valence-corrected chi connectivity index (χ1v) is 12.0. The zero-order valence-corrected chi connectivity index (χ0v) is 20.6. The van der Waals surface area contributed by atoms with E-state index in [1.807, 2.05) is 6.92 Å². The Bertz CT molecular complexity index is 1380. The Labute approximate surface area is 214 Å². The third kappa shape index (κ3) is 3.80. The molecule has 11 heteroatoms. The molecule has 1 amide bonds. The van der Waals surface area contributed by atoms with Crippen LogP contribution in [0, 0.1) is 20.2 Å². The highest BCUT2D eigenvalue weighted by Crippen LogP contribution is 2.51. The van der Waals surface area contributed by atoms with E-state index in [2.05, 4.69) is 26.6 Å². The number of rotatable bonds is 6. The van der Waals surface area contributed by atoms with Crippen molar-refractivity contribution in [2.24, 2.45) is 0 Å². The molecule has 0 unspecified atom stereocenters. The lowest BCUT2D eigenvalue weighted by Crippen LogP contribution is -2.54. The van der Waals surface area contributed by atoms with Crippen molar-refractivity contribution in [3.05, 3.63) is 108 Å². The molecule has 2 N–H and O–H groups in total. The maximum atomic E-state index is 13.3. The van der Waals surface area contributed by atoms with Gasteiger partial charge in [-0.05, 0) is 48.9 Å². The topological polar surface area (TPSA) is 137 Å². The van der Waals surface area contributed by atoms with Gasteiger partial charge in [0.2, 0.25) is 0 Å². The molecule has 2 heterocycles. The maximum Gasteiger partial charge on any atom is 0.269 e. The van der Waals surface area contributed by atoms with E-state index in [1.165, 1.54) is 12.1 Å². The molecular weight excluding hydrogens is 532 g/mol. The van der Waals surface area contributed by atoms with Crippen LogP contribution in [0.5, 0.6) is 5.75 Å². The van der Waals surface area contributed by atoms with Gasteiger partial charge in [0.05, 0.1) is 10.8 Å². The number of fused-ring (bicyclic) bond motifs is 2. The van der Waals surface area contributed by atoms with Crippen LogP contribution in [0.2, 0.25) is 0 Å². The van der Waals surface area contributed by atoms with Gasteiger partial charge in [0, 0.05) is 44.4 Å². The number of anilines is 1. The largest absolute Gasteiger partial charge is 0.489 e. The quantitative estimate of drug-likeness (QED) is 0.339. The summed E-state index contributed by atoms with van der Waals surface area (Å²) in [5.74, 6) is -0.713. The number of carbonyl (C=O) groups excluding carboxylic acids is 1. The number of hydrogen-bond donors (Lipinski definition) is 2. The summed E-state index contributed by atoms with van der Waals surface area (Å²) in [6, 6.07) is 16.5. The molecule has 3 aromatic carbocycles. The highest BCUT2D eigenvalue weighted by atomic mass is 79.9. The molecule has 5 rings (SSSR count). The summed E-state index contributed by atoms with van der Waals surface area (Å²) in [7, 11) is 0. The van der Waals surface area contributed by atoms with Gasteiger partial charge in [-0.3, -0.25) is 30.3 Å². The number of hydrogen-bond acceptors (Lipinski definition) is 7. The Balaban J connectivity index is 1.53. The van der Waals surface area contributed by atoms with Crippen LogP contribution < -0.4 is 15.4 Å². The van der Waals surface area contributed by atoms with Crippen molar-refractivity contribution in [2.75, 3.05) is 5.32 Å². The predicted molar refractivity (Wildman–Crippen MR) is 134 cm³/mol. The third-order valence-corrected chi connectivity index (χ3v) is 7.33. The summed E-state index contributed by atoms with van der Waals surface area (Å²) in [6.07, 6.45) is 0. The molecule has 2 aliphatic heterocycles.